The number of nitrogens with zero attached hydrogens (tertiary/aromatic N) is 6. The predicted molar refractivity (Wildman–Crippen MR) is 155 cm³/mol. The summed E-state index contributed by atoms with van der Waals surface area (Å²) in [5, 5.41) is 18.6. The zero-order chi connectivity index (χ0) is 28.8. The second-order valence-electron chi connectivity index (χ2n) is 8.78. The Morgan fingerprint density at radius 1 is 1.05 bits per heavy atom. The van der Waals surface area contributed by atoms with Gasteiger partial charge in [-0.05, 0) is 59.2 Å². The van der Waals surface area contributed by atoms with E-state index in [1.165, 1.54) is 0 Å². The Kier molecular flexibility index (Phi) is 14.7. The Hall–Kier alpha value is -2.91. The minimum absolute atomic E-state index is 0.0279. The van der Waals surface area contributed by atoms with Crippen molar-refractivity contribution < 1.29 is 14.6 Å². The molecular weight excluding hydrogens is 480 g/mol. The topological polar surface area (TPSA) is 90.5 Å². The molecule has 0 saturated carbocycles. The van der Waals surface area contributed by atoms with Crippen molar-refractivity contribution in [2.45, 2.75) is 88.4 Å². The van der Waals surface area contributed by atoms with Gasteiger partial charge in [0.2, 0.25) is 11.8 Å². The number of pyridine rings is 1. The summed E-state index contributed by atoms with van der Waals surface area (Å²) in [6, 6.07) is 4.33. The lowest BCUT2D eigenvalue weighted by Gasteiger charge is -2.27. The Bertz CT molecular complexity index is 1090. The monoisotopic (exact) mass is 530 g/mol. The van der Waals surface area contributed by atoms with Gasteiger partial charge in [0.05, 0.1) is 42.4 Å². The highest BCUT2D eigenvalue weighted by molar-refractivity contribution is 5.68. The van der Waals surface area contributed by atoms with Crippen LogP contribution in [0.1, 0.15) is 71.0 Å². The van der Waals surface area contributed by atoms with Gasteiger partial charge in [-0.2, -0.15) is 5.10 Å². The molecule has 0 fully saturated rings. The van der Waals surface area contributed by atoms with Crippen molar-refractivity contribution in [2.24, 2.45) is 7.05 Å². The van der Waals surface area contributed by atoms with E-state index in [4.69, 9.17) is 9.47 Å². The fourth-order valence-electron chi connectivity index (χ4n) is 4.06. The SMILES string of the molecule is CC.CC.CCOc1nn(CCO)c(CN(CCOc2c(-c3cc(C)ccn3)c(C)nn2C)C(C)C)c1C. The molecule has 0 amide bonds. The highest BCUT2D eigenvalue weighted by Gasteiger charge is 2.21. The lowest BCUT2D eigenvalue weighted by Crippen LogP contribution is -2.35. The molecule has 0 spiro atoms. The van der Waals surface area contributed by atoms with Crippen LogP contribution in [-0.2, 0) is 20.1 Å². The van der Waals surface area contributed by atoms with Crippen LogP contribution in [0.4, 0.5) is 0 Å². The van der Waals surface area contributed by atoms with Gasteiger partial charge in [-0.15, -0.1) is 5.10 Å². The molecule has 0 aromatic carbocycles. The lowest BCUT2D eigenvalue weighted by molar-refractivity contribution is 0.158. The standard InChI is InChI=1S/C25H38N6O3.2C2H6/c1-8-33-24-19(5)22(31(28-24)11-13-32)16-30(17(2)3)12-14-34-25-23(20(6)27-29(25)7)21-15-18(4)9-10-26-21;2*1-2/h9-10,15,17,32H,8,11-14,16H2,1-7H3;2*1-2H3. The van der Waals surface area contributed by atoms with Crippen LogP contribution in [-0.4, -0.2) is 67.0 Å². The molecule has 0 aliphatic rings. The van der Waals surface area contributed by atoms with Gasteiger partial charge in [0, 0.05) is 37.9 Å². The summed E-state index contributed by atoms with van der Waals surface area (Å²) >= 11 is 0. The summed E-state index contributed by atoms with van der Waals surface area (Å²) in [7, 11) is 1.90. The molecule has 0 aliphatic heterocycles. The van der Waals surface area contributed by atoms with Gasteiger partial charge in [0.1, 0.15) is 6.61 Å². The van der Waals surface area contributed by atoms with E-state index in [-0.39, 0.29) is 6.61 Å². The molecule has 3 aromatic rings. The molecule has 38 heavy (non-hydrogen) atoms. The molecule has 0 atom stereocenters. The van der Waals surface area contributed by atoms with E-state index in [0.29, 0.717) is 38.2 Å². The lowest BCUT2D eigenvalue weighted by atomic mass is 10.1. The number of hydrogen-bond donors (Lipinski definition) is 1. The van der Waals surface area contributed by atoms with Crippen molar-refractivity contribution in [1.29, 1.82) is 0 Å². The Labute approximate surface area is 229 Å². The first-order valence-electron chi connectivity index (χ1n) is 13.9. The summed E-state index contributed by atoms with van der Waals surface area (Å²) in [4.78, 5) is 6.88. The fourth-order valence-corrected chi connectivity index (χ4v) is 4.06. The summed E-state index contributed by atoms with van der Waals surface area (Å²) in [5.41, 5.74) is 5.90. The summed E-state index contributed by atoms with van der Waals surface area (Å²) in [6.07, 6.45) is 1.82. The van der Waals surface area contributed by atoms with Crippen LogP contribution in [0.3, 0.4) is 0 Å². The molecule has 0 radical (unpaired) electrons. The number of hydrogen-bond acceptors (Lipinski definition) is 7. The highest BCUT2D eigenvalue weighted by atomic mass is 16.5. The molecule has 0 aliphatic carbocycles. The number of rotatable bonds is 12. The average Bonchev–Trinajstić information content (AvgIpc) is 3.35. The van der Waals surface area contributed by atoms with Gasteiger partial charge in [0.15, 0.2) is 0 Å². The van der Waals surface area contributed by atoms with E-state index < -0.39 is 0 Å². The first kappa shape index (κ1) is 33.1. The maximum Gasteiger partial charge on any atom is 0.236 e. The second kappa shape index (κ2) is 16.8. The molecule has 0 saturated heterocycles. The number of aryl methyl sites for hydroxylation is 3. The molecule has 214 valence electrons. The van der Waals surface area contributed by atoms with Crippen LogP contribution < -0.4 is 9.47 Å². The van der Waals surface area contributed by atoms with E-state index >= 15 is 0 Å². The number of aromatic nitrogens is 5. The number of ether oxygens (including phenoxy) is 2. The first-order chi connectivity index (χ1) is 18.3. The van der Waals surface area contributed by atoms with Gasteiger partial charge in [-0.25, -0.2) is 4.68 Å². The quantitative estimate of drug-likeness (QED) is 0.338. The molecule has 0 unspecified atom stereocenters. The predicted octanol–water partition coefficient (Wildman–Crippen LogP) is 5.34. The zero-order valence-electron chi connectivity index (χ0n) is 25.5. The third kappa shape index (κ3) is 8.56. The van der Waals surface area contributed by atoms with E-state index in [2.05, 4.69) is 46.9 Å². The van der Waals surface area contributed by atoms with Crippen molar-refractivity contribution in [1.82, 2.24) is 29.4 Å². The maximum absolute atomic E-state index is 9.50. The van der Waals surface area contributed by atoms with Crippen LogP contribution in [0.25, 0.3) is 11.3 Å². The van der Waals surface area contributed by atoms with E-state index in [9.17, 15) is 5.11 Å². The van der Waals surface area contributed by atoms with Crippen LogP contribution in [0, 0.1) is 20.8 Å². The Balaban J connectivity index is 0.00000172. The number of aliphatic hydroxyl groups is 1. The molecule has 3 rings (SSSR count). The van der Waals surface area contributed by atoms with Crippen molar-refractivity contribution >= 4 is 0 Å². The van der Waals surface area contributed by atoms with Gasteiger partial charge in [0.25, 0.3) is 0 Å². The third-order valence-electron chi connectivity index (χ3n) is 5.91. The van der Waals surface area contributed by atoms with Gasteiger partial charge in [-0.3, -0.25) is 14.6 Å². The molecule has 1 N–H and O–H groups in total. The van der Waals surface area contributed by atoms with Gasteiger partial charge < -0.3 is 14.6 Å². The highest BCUT2D eigenvalue weighted by Crippen LogP contribution is 2.32. The normalized spacial score (nSPS) is 10.7. The van der Waals surface area contributed by atoms with Crippen molar-refractivity contribution in [2.75, 3.05) is 26.4 Å². The molecule has 9 heteroatoms. The van der Waals surface area contributed by atoms with Crippen LogP contribution >= 0.6 is 0 Å². The van der Waals surface area contributed by atoms with Gasteiger partial charge in [-0.1, -0.05) is 27.7 Å². The third-order valence-corrected chi connectivity index (χ3v) is 5.91. The molecule has 3 heterocycles. The van der Waals surface area contributed by atoms with Crippen LogP contribution in [0.15, 0.2) is 18.3 Å². The minimum atomic E-state index is 0.0279. The van der Waals surface area contributed by atoms with Crippen molar-refractivity contribution in [3.63, 3.8) is 0 Å². The molecule has 0 bridgehead atoms. The van der Waals surface area contributed by atoms with E-state index in [0.717, 1.165) is 46.2 Å². The van der Waals surface area contributed by atoms with Crippen LogP contribution in [0.2, 0.25) is 0 Å². The summed E-state index contributed by atoms with van der Waals surface area (Å²) in [5.74, 6) is 1.35. The largest absolute Gasteiger partial charge is 0.477 e. The number of aliphatic hydroxyl groups excluding tert-OH is 1. The maximum atomic E-state index is 9.50. The zero-order valence-corrected chi connectivity index (χ0v) is 25.5. The minimum Gasteiger partial charge on any atom is -0.477 e. The summed E-state index contributed by atoms with van der Waals surface area (Å²) < 4.78 is 15.6. The smallest absolute Gasteiger partial charge is 0.236 e. The van der Waals surface area contributed by atoms with E-state index in [1.54, 1.807) is 4.68 Å². The van der Waals surface area contributed by atoms with Crippen LogP contribution in [0.5, 0.6) is 11.8 Å². The van der Waals surface area contributed by atoms with Gasteiger partial charge >= 0.3 is 0 Å². The first-order valence-corrected chi connectivity index (χ1v) is 13.9. The van der Waals surface area contributed by atoms with E-state index in [1.807, 2.05) is 72.5 Å². The Morgan fingerprint density at radius 2 is 1.74 bits per heavy atom. The fraction of sp³-hybridized carbons (Fsp3) is 0.621. The average molecular weight is 531 g/mol. The Morgan fingerprint density at radius 3 is 2.32 bits per heavy atom. The molecular formula is C29H50N6O3. The second-order valence-corrected chi connectivity index (χ2v) is 8.78. The molecule has 9 nitrogen and oxygen atoms in total. The molecule has 3 aromatic heterocycles. The summed E-state index contributed by atoms with van der Waals surface area (Å²) in [6.45, 7) is 23.3. The van der Waals surface area contributed by atoms with Crippen molar-refractivity contribution in [3.05, 3.63) is 40.8 Å². The van der Waals surface area contributed by atoms with Crippen molar-refractivity contribution in [3.8, 4) is 23.0 Å².